The van der Waals surface area contributed by atoms with Crippen LogP contribution < -0.4 is 5.32 Å². The number of aliphatic hydroxyl groups is 1. The van der Waals surface area contributed by atoms with Gasteiger partial charge in [0.05, 0.1) is 18.7 Å². The molecule has 0 spiro atoms. The molecule has 2 saturated heterocycles. The molecule has 1 aromatic carbocycles. The van der Waals surface area contributed by atoms with Crippen LogP contribution in [0.4, 0.5) is 13.2 Å². The van der Waals surface area contributed by atoms with E-state index in [2.05, 4.69) is 5.32 Å². The van der Waals surface area contributed by atoms with E-state index in [4.69, 9.17) is 0 Å². The highest BCUT2D eigenvalue weighted by Crippen LogP contribution is 2.30. The molecule has 2 aliphatic heterocycles. The molecular formula is C17H23F3N2O2. The van der Waals surface area contributed by atoms with Crippen LogP contribution in [0.2, 0.25) is 0 Å². The van der Waals surface area contributed by atoms with Gasteiger partial charge in [-0.25, -0.2) is 13.2 Å². The summed E-state index contributed by atoms with van der Waals surface area (Å²) in [5.41, 5.74) is -1.55. The number of benzene rings is 1. The number of rotatable bonds is 2. The lowest BCUT2D eigenvalue weighted by molar-refractivity contribution is -0.108. The monoisotopic (exact) mass is 344 g/mol. The number of carbonyl (C=O) groups is 1. The Labute approximate surface area is 139 Å². The number of halogens is 3. The predicted octanol–water partition coefficient (Wildman–Crippen LogP) is 2.46. The molecule has 2 fully saturated rings. The van der Waals surface area contributed by atoms with Crippen LogP contribution in [0.5, 0.6) is 0 Å². The zero-order valence-electron chi connectivity index (χ0n) is 13.9. The topological polar surface area (TPSA) is 52.6 Å². The van der Waals surface area contributed by atoms with Gasteiger partial charge in [0.1, 0.15) is 5.60 Å². The summed E-state index contributed by atoms with van der Waals surface area (Å²) in [6, 6.07) is 1.55. The van der Waals surface area contributed by atoms with Crippen molar-refractivity contribution in [3.63, 3.8) is 0 Å². The summed E-state index contributed by atoms with van der Waals surface area (Å²) in [6.07, 6.45) is 2.87. The van der Waals surface area contributed by atoms with Gasteiger partial charge in [0.25, 0.3) is 5.91 Å². The molecular weight excluding hydrogens is 321 g/mol. The quantitative estimate of drug-likeness (QED) is 0.811. The van der Waals surface area contributed by atoms with Gasteiger partial charge in [0, 0.05) is 6.04 Å². The Hall–Kier alpha value is -1.60. The molecule has 0 radical (unpaired) electrons. The molecule has 2 aliphatic rings. The maximum absolute atomic E-state index is 13.6. The first-order chi connectivity index (χ1) is 11.4. The number of nitrogens with zero attached hydrogens (tertiary/aromatic N) is 1. The maximum atomic E-state index is 13.6. The second-order valence-electron chi connectivity index (χ2n) is 5.99. The molecule has 0 bridgehead atoms. The van der Waals surface area contributed by atoms with E-state index in [-0.39, 0.29) is 19.1 Å². The number of nitrogens with one attached hydrogen (secondary N) is 1. The average molecular weight is 344 g/mol. The maximum Gasteiger partial charge on any atom is 0.257 e. The molecule has 1 unspecified atom stereocenters. The third kappa shape index (κ3) is 3.42. The van der Waals surface area contributed by atoms with E-state index >= 15 is 0 Å². The third-order valence-corrected chi connectivity index (χ3v) is 4.44. The van der Waals surface area contributed by atoms with Gasteiger partial charge in [0.2, 0.25) is 0 Å². The van der Waals surface area contributed by atoms with E-state index in [0.717, 1.165) is 37.9 Å². The van der Waals surface area contributed by atoms with Gasteiger partial charge < -0.3 is 15.3 Å². The Morgan fingerprint density at radius 1 is 1.21 bits per heavy atom. The molecule has 24 heavy (non-hydrogen) atoms. The van der Waals surface area contributed by atoms with Crippen molar-refractivity contribution >= 4 is 5.91 Å². The lowest BCUT2D eigenvalue weighted by Crippen LogP contribution is -2.72. The molecule has 1 atom stereocenters. The Morgan fingerprint density at radius 3 is 2.46 bits per heavy atom. The number of piperidine rings is 1. The molecule has 2 N–H and O–H groups in total. The van der Waals surface area contributed by atoms with Gasteiger partial charge in [0.15, 0.2) is 17.5 Å². The predicted molar refractivity (Wildman–Crippen MR) is 84.2 cm³/mol. The first kappa shape index (κ1) is 18.7. The molecule has 3 rings (SSSR count). The molecule has 4 nitrogen and oxygen atoms in total. The first-order valence-electron chi connectivity index (χ1n) is 8.31. The summed E-state index contributed by atoms with van der Waals surface area (Å²) in [5.74, 6) is -5.22. The third-order valence-electron chi connectivity index (χ3n) is 4.44. The van der Waals surface area contributed by atoms with Crippen molar-refractivity contribution in [2.24, 2.45) is 0 Å². The van der Waals surface area contributed by atoms with Gasteiger partial charge >= 0.3 is 0 Å². The fourth-order valence-corrected chi connectivity index (χ4v) is 3.15. The van der Waals surface area contributed by atoms with Crippen molar-refractivity contribution in [1.82, 2.24) is 10.2 Å². The molecule has 1 amide bonds. The van der Waals surface area contributed by atoms with Gasteiger partial charge in [-0.3, -0.25) is 4.79 Å². The second kappa shape index (κ2) is 7.53. The Kier molecular flexibility index (Phi) is 5.87. The number of likely N-dealkylation sites (tertiary alicyclic amines) is 1. The van der Waals surface area contributed by atoms with Crippen LogP contribution in [-0.2, 0) is 0 Å². The molecule has 7 heteroatoms. The number of hydrogen-bond acceptors (Lipinski definition) is 3. The number of β-amino-alcohol motifs (C(OH)–C–C–N with tert-alkyl or cyclic N) is 1. The zero-order chi connectivity index (χ0) is 17.9. The summed E-state index contributed by atoms with van der Waals surface area (Å²) >= 11 is 0. The van der Waals surface area contributed by atoms with Crippen molar-refractivity contribution in [1.29, 1.82) is 0 Å². The normalized spacial score (nSPS) is 22.2. The van der Waals surface area contributed by atoms with Crippen LogP contribution in [0, 0.1) is 17.5 Å². The van der Waals surface area contributed by atoms with Gasteiger partial charge in [-0.05, 0) is 31.5 Å². The molecule has 1 aromatic rings. The summed E-state index contributed by atoms with van der Waals surface area (Å²) in [7, 11) is 0. The summed E-state index contributed by atoms with van der Waals surface area (Å²) in [6.45, 7) is 4.93. The number of carbonyl (C=O) groups excluding carboxylic acids is 1. The van der Waals surface area contributed by atoms with Crippen LogP contribution in [0.25, 0.3) is 0 Å². The zero-order valence-corrected chi connectivity index (χ0v) is 13.9. The summed E-state index contributed by atoms with van der Waals surface area (Å²) < 4.78 is 39.7. The smallest absolute Gasteiger partial charge is 0.257 e. The second-order valence-corrected chi connectivity index (χ2v) is 5.99. The van der Waals surface area contributed by atoms with E-state index in [9.17, 15) is 23.1 Å². The first-order valence-corrected chi connectivity index (χ1v) is 8.31. The van der Waals surface area contributed by atoms with Crippen LogP contribution in [0.15, 0.2) is 12.1 Å². The lowest BCUT2D eigenvalue weighted by Gasteiger charge is -2.51. The fraction of sp³-hybridized carbons (Fsp3) is 0.588. The van der Waals surface area contributed by atoms with Crippen molar-refractivity contribution < 1.29 is 23.1 Å². The SMILES string of the molecule is CC.O=C(c1ccc(F)c(F)c1F)N1CC(O)(C2CCCCN2)C1. The average Bonchev–Trinajstić information content (AvgIpc) is 2.59. The minimum Gasteiger partial charge on any atom is -0.385 e. The standard InChI is InChI=1S/C15H17F3N2O2.C2H6/c16-10-5-4-9(12(17)13(10)18)14(21)20-7-15(22,8-20)11-3-1-2-6-19-11;1-2/h4-5,11,19,22H,1-3,6-8H2;1-2H3. The van der Waals surface area contributed by atoms with Crippen molar-refractivity contribution in [3.8, 4) is 0 Å². The minimum absolute atomic E-state index is 0.0575. The van der Waals surface area contributed by atoms with Crippen LogP contribution in [0.3, 0.4) is 0 Å². The van der Waals surface area contributed by atoms with E-state index in [1.54, 1.807) is 0 Å². The molecule has 2 heterocycles. The molecule has 0 aliphatic carbocycles. The van der Waals surface area contributed by atoms with E-state index in [1.165, 1.54) is 4.90 Å². The molecule has 0 aromatic heterocycles. The fourth-order valence-electron chi connectivity index (χ4n) is 3.15. The van der Waals surface area contributed by atoms with E-state index in [1.807, 2.05) is 13.8 Å². The highest BCUT2D eigenvalue weighted by Gasteiger charge is 2.49. The van der Waals surface area contributed by atoms with Crippen molar-refractivity contribution in [2.75, 3.05) is 19.6 Å². The number of hydrogen-bond donors (Lipinski definition) is 2. The van der Waals surface area contributed by atoms with Crippen LogP contribution in [0.1, 0.15) is 43.5 Å². The summed E-state index contributed by atoms with van der Waals surface area (Å²) in [5, 5.41) is 13.7. The Balaban J connectivity index is 0.00000100. The Bertz CT molecular complexity index is 598. The minimum atomic E-state index is -1.66. The largest absolute Gasteiger partial charge is 0.385 e. The summed E-state index contributed by atoms with van der Waals surface area (Å²) in [4.78, 5) is 13.4. The molecule has 134 valence electrons. The van der Waals surface area contributed by atoms with E-state index < -0.39 is 34.5 Å². The highest BCUT2D eigenvalue weighted by molar-refractivity contribution is 5.95. The van der Waals surface area contributed by atoms with Crippen LogP contribution in [-0.4, -0.2) is 47.2 Å². The van der Waals surface area contributed by atoms with Gasteiger partial charge in [-0.1, -0.05) is 20.3 Å². The Morgan fingerprint density at radius 2 is 1.88 bits per heavy atom. The lowest BCUT2D eigenvalue weighted by atomic mass is 9.81. The van der Waals surface area contributed by atoms with Crippen molar-refractivity contribution in [3.05, 3.63) is 35.1 Å². The van der Waals surface area contributed by atoms with Gasteiger partial charge in [-0.15, -0.1) is 0 Å². The number of amides is 1. The van der Waals surface area contributed by atoms with Gasteiger partial charge in [-0.2, -0.15) is 0 Å². The van der Waals surface area contributed by atoms with E-state index in [0.29, 0.717) is 0 Å². The highest BCUT2D eigenvalue weighted by atomic mass is 19.2. The van der Waals surface area contributed by atoms with Crippen molar-refractivity contribution in [2.45, 2.75) is 44.8 Å². The molecule has 0 saturated carbocycles. The van der Waals surface area contributed by atoms with Crippen LogP contribution >= 0.6 is 0 Å².